The zero-order valence-electron chi connectivity index (χ0n) is 13.1. The Bertz CT molecular complexity index is 453. The molecule has 0 aliphatic rings. The fourth-order valence-electron chi connectivity index (χ4n) is 2.29. The molecule has 0 saturated carbocycles. The van der Waals surface area contributed by atoms with Crippen molar-refractivity contribution in [2.24, 2.45) is 11.1 Å². The first-order valence-electron chi connectivity index (χ1n) is 7.33. The van der Waals surface area contributed by atoms with Crippen molar-refractivity contribution in [2.45, 2.75) is 26.7 Å². The summed E-state index contributed by atoms with van der Waals surface area (Å²) < 4.78 is 18.5. The van der Waals surface area contributed by atoms with E-state index in [1.165, 1.54) is 12.1 Å². The second-order valence-electron chi connectivity index (χ2n) is 5.22. The maximum atomic E-state index is 13.0. The lowest BCUT2D eigenvalue weighted by atomic mass is 9.81. The Kier molecular flexibility index (Phi) is 6.62. The highest BCUT2D eigenvalue weighted by Gasteiger charge is 2.35. The van der Waals surface area contributed by atoms with Crippen molar-refractivity contribution < 1.29 is 13.9 Å². The standard InChI is InChI=1S/C16H25FN2O2/c1-4-16(5-2,12-18)15(20)19(3)9-10-21-14-8-6-7-13(17)11-14/h6-8,11H,4-5,9-10,12,18H2,1-3H3. The number of amides is 1. The predicted octanol–water partition coefficient (Wildman–Crippen LogP) is 2.43. The lowest BCUT2D eigenvalue weighted by Crippen LogP contribution is -2.47. The Labute approximate surface area is 126 Å². The number of hydrogen-bond acceptors (Lipinski definition) is 3. The molecule has 0 atom stereocenters. The van der Waals surface area contributed by atoms with Crippen LogP contribution in [0.25, 0.3) is 0 Å². The van der Waals surface area contributed by atoms with E-state index in [9.17, 15) is 9.18 Å². The van der Waals surface area contributed by atoms with E-state index in [1.54, 1.807) is 24.1 Å². The fraction of sp³-hybridized carbons (Fsp3) is 0.562. The van der Waals surface area contributed by atoms with Gasteiger partial charge in [0.2, 0.25) is 5.91 Å². The van der Waals surface area contributed by atoms with Gasteiger partial charge in [0.25, 0.3) is 0 Å². The number of carbonyl (C=O) groups is 1. The average molecular weight is 296 g/mol. The summed E-state index contributed by atoms with van der Waals surface area (Å²) in [4.78, 5) is 14.1. The molecule has 0 heterocycles. The van der Waals surface area contributed by atoms with Gasteiger partial charge in [0, 0.05) is 19.7 Å². The Morgan fingerprint density at radius 1 is 1.38 bits per heavy atom. The molecular weight excluding hydrogens is 271 g/mol. The summed E-state index contributed by atoms with van der Waals surface area (Å²) in [6.07, 6.45) is 1.43. The first-order valence-corrected chi connectivity index (χ1v) is 7.33. The molecule has 0 radical (unpaired) electrons. The molecule has 1 aromatic carbocycles. The van der Waals surface area contributed by atoms with Crippen LogP contribution in [-0.2, 0) is 4.79 Å². The van der Waals surface area contributed by atoms with E-state index in [0.717, 1.165) is 0 Å². The number of rotatable bonds is 8. The Balaban J connectivity index is 2.53. The molecule has 0 spiro atoms. The molecule has 1 amide bonds. The maximum Gasteiger partial charge on any atom is 0.229 e. The third kappa shape index (κ3) is 4.43. The van der Waals surface area contributed by atoms with Gasteiger partial charge in [-0.25, -0.2) is 4.39 Å². The van der Waals surface area contributed by atoms with E-state index in [4.69, 9.17) is 10.5 Å². The molecule has 0 fully saturated rings. The minimum atomic E-state index is -0.492. The van der Waals surface area contributed by atoms with E-state index in [2.05, 4.69) is 0 Å². The molecule has 1 rings (SSSR count). The maximum absolute atomic E-state index is 13.0. The summed E-state index contributed by atoms with van der Waals surface area (Å²) in [5.74, 6) is 0.167. The first-order chi connectivity index (χ1) is 9.99. The van der Waals surface area contributed by atoms with Crippen LogP contribution in [0, 0.1) is 11.2 Å². The van der Waals surface area contributed by atoms with Crippen LogP contribution < -0.4 is 10.5 Å². The second-order valence-corrected chi connectivity index (χ2v) is 5.22. The van der Waals surface area contributed by atoms with Gasteiger partial charge in [-0.2, -0.15) is 0 Å². The number of halogens is 1. The van der Waals surface area contributed by atoms with Crippen molar-refractivity contribution in [2.75, 3.05) is 26.7 Å². The lowest BCUT2D eigenvalue weighted by molar-refractivity contribution is -0.141. The second kappa shape index (κ2) is 7.98. The van der Waals surface area contributed by atoms with E-state index < -0.39 is 5.41 Å². The molecule has 0 unspecified atom stereocenters. The van der Waals surface area contributed by atoms with E-state index in [1.807, 2.05) is 13.8 Å². The van der Waals surface area contributed by atoms with Crippen LogP contribution in [-0.4, -0.2) is 37.6 Å². The Morgan fingerprint density at radius 2 is 2.05 bits per heavy atom. The highest BCUT2D eigenvalue weighted by molar-refractivity contribution is 5.82. The summed E-state index contributed by atoms with van der Waals surface area (Å²) in [5, 5.41) is 0. The molecule has 1 aromatic rings. The summed E-state index contributed by atoms with van der Waals surface area (Å²) in [6.45, 7) is 5.06. The van der Waals surface area contributed by atoms with Gasteiger partial charge < -0.3 is 15.4 Å². The molecule has 2 N–H and O–H groups in total. The predicted molar refractivity (Wildman–Crippen MR) is 81.6 cm³/mol. The van der Waals surface area contributed by atoms with E-state index in [-0.39, 0.29) is 11.7 Å². The van der Waals surface area contributed by atoms with Gasteiger partial charge in [0.05, 0.1) is 12.0 Å². The average Bonchev–Trinajstić information content (AvgIpc) is 2.49. The summed E-state index contributed by atoms with van der Waals surface area (Å²) in [5.41, 5.74) is 5.29. The van der Waals surface area contributed by atoms with Crippen molar-refractivity contribution in [1.29, 1.82) is 0 Å². The van der Waals surface area contributed by atoms with E-state index >= 15 is 0 Å². The highest BCUT2D eigenvalue weighted by atomic mass is 19.1. The molecule has 0 aliphatic carbocycles. The summed E-state index contributed by atoms with van der Waals surface area (Å²) in [7, 11) is 1.74. The molecule has 0 aliphatic heterocycles. The largest absolute Gasteiger partial charge is 0.492 e. The highest BCUT2D eigenvalue weighted by Crippen LogP contribution is 2.27. The van der Waals surface area contributed by atoms with Gasteiger partial charge in [0.1, 0.15) is 18.2 Å². The van der Waals surface area contributed by atoms with Crippen molar-refractivity contribution in [3.05, 3.63) is 30.1 Å². The fourth-order valence-corrected chi connectivity index (χ4v) is 2.29. The molecule has 5 heteroatoms. The van der Waals surface area contributed by atoms with Crippen molar-refractivity contribution in [3.63, 3.8) is 0 Å². The lowest BCUT2D eigenvalue weighted by Gasteiger charge is -2.33. The van der Waals surface area contributed by atoms with Gasteiger partial charge in [-0.15, -0.1) is 0 Å². The number of benzene rings is 1. The van der Waals surface area contributed by atoms with Crippen LogP contribution in [0.15, 0.2) is 24.3 Å². The normalized spacial score (nSPS) is 11.3. The van der Waals surface area contributed by atoms with Crippen LogP contribution in [0.1, 0.15) is 26.7 Å². The Hall–Kier alpha value is -1.62. The van der Waals surface area contributed by atoms with Crippen molar-refractivity contribution in [3.8, 4) is 5.75 Å². The number of carbonyl (C=O) groups excluding carboxylic acids is 1. The van der Waals surface area contributed by atoms with Crippen molar-refractivity contribution >= 4 is 5.91 Å². The third-order valence-electron chi connectivity index (χ3n) is 4.04. The quantitative estimate of drug-likeness (QED) is 0.801. The SMILES string of the molecule is CCC(CC)(CN)C(=O)N(C)CCOc1cccc(F)c1. The number of hydrogen-bond donors (Lipinski definition) is 1. The van der Waals surface area contributed by atoms with Gasteiger partial charge in [-0.1, -0.05) is 19.9 Å². The first kappa shape index (κ1) is 17.4. The van der Waals surface area contributed by atoms with E-state index in [0.29, 0.717) is 38.3 Å². The van der Waals surface area contributed by atoms with Crippen LogP contribution in [0.2, 0.25) is 0 Å². The molecule has 0 saturated heterocycles. The minimum absolute atomic E-state index is 0.0397. The molecular formula is C16H25FN2O2. The van der Waals surface area contributed by atoms with Crippen LogP contribution in [0.3, 0.4) is 0 Å². The van der Waals surface area contributed by atoms with Gasteiger partial charge in [-0.3, -0.25) is 4.79 Å². The Morgan fingerprint density at radius 3 is 2.57 bits per heavy atom. The number of nitrogens with zero attached hydrogens (tertiary/aromatic N) is 1. The molecule has 118 valence electrons. The summed E-state index contributed by atoms with van der Waals surface area (Å²) in [6, 6.07) is 5.96. The van der Waals surface area contributed by atoms with Crippen LogP contribution in [0.5, 0.6) is 5.75 Å². The summed E-state index contributed by atoms with van der Waals surface area (Å²) >= 11 is 0. The molecule has 21 heavy (non-hydrogen) atoms. The number of ether oxygens (including phenoxy) is 1. The third-order valence-corrected chi connectivity index (χ3v) is 4.04. The van der Waals surface area contributed by atoms with Crippen LogP contribution >= 0.6 is 0 Å². The van der Waals surface area contributed by atoms with Gasteiger partial charge in [0.15, 0.2) is 0 Å². The van der Waals surface area contributed by atoms with Crippen molar-refractivity contribution in [1.82, 2.24) is 4.90 Å². The van der Waals surface area contributed by atoms with Gasteiger partial charge >= 0.3 is 0 Å². The zero-order chi connectivity index (χ0) is 15.9. The zero-order valence-corrected chi connectivity index (χ0v) is 13.1. The van der Waals surface area contributed by atoms with Gasteiger partial charge in [-0.05, 0) is 25.0 Å². The minimum Gasteiger partial charge on any atom is -0.492 e. The number of nitrogens with two attached hydrogens (primary N) is 1. The monoisotopic (exact) mass is 296 g/mol. The topological polar surface area (TPSA) is 55.6 Å². The number of likely N-dealkylation sites (N-methyl/N-ethyl adjacent to an activating group) is 1. The molecule has 0 aromatic heterocycles. The molecule has 0 bridgehead atoms. The molecule has 4 nitrogen and oxygen atoms in total. The van der Waals surface area contributed by atoms with Crippen LogP contribution in [0.4, 0.5) is 4.39 Å². The smallest absolute Gasteiger partial charge is 0.229 e.